The van der Waals surface area contributed by atoms with Gasteiger partial charge in [0.1, 0.15) is 0 Å². The summed E-state index contributed by atoms with van der Waals surface area (Å²) in [6.07, 6.45) is 3.85. The van der Waals surface area contributed by atoms with E-state index in [0.29, 0.717) is 22.1 Å². The Hall–Kier alpha value is -0.440. The van der Waals surface area contributed by atoms with E-state index in [4.69, 9.17) is 23.2 Å². The zero-order valence-electron chi connectivity index (χ0n) is 9.63. The molecular formula is C13H16Cl2N2. The van der Waals surface area contributed by atoms with Gasteiger partial charge in [-0.2, -0.15) is 0 Å². The Morgan fingerprint density at radius 2 is 1.88 bits per heavy atom. The van der Waals surface area contributed by atoms with Crippen molar-refractivity contribution >= 4 is 28.9 Å². The highest BCUT2D eigenvalue weighted by Crippen LogP contribution is 2.29. The molecule has 2 atom stereocenters. The van der Waals surface area contributed by atoms with Crippen molar-refractivity contribution in [3.63, 3.8) is 0 Å². The SMILES string of the molecule is Clc1ccc(N2CCC3CCC(C2)N3)cc1Cl. The maximum Gasteiger partial charge on any atom is 0.0612 e. The van der Waals surface area contributed by atoms with Gasteiger partial charge in [0.2, 0.25) is 0 Å². The first-order valence-corrected chi connectivity index (χ1v) is 6.94. The minimum atomic E-state index is 0.630. The van der Waals surface area contributed by atoms with Gasteiger partial charge >= 0.3 is 0 Å². The molecule has 3 rings (SSSR count). The summed E-state index contributed by atoms with van der Waals surface area (Å²) in [6.45, 7) is 2.18. The molecule has 2 aliphatic rings. The molecule has 2 fully saturated rings. The number of benzene rings is 1. The zero-order chi connectivity index (χ0) is 11.8. The standard InChI is InChI=1S/C13H16Cl2N2/c14-12-4-3-11(7-13(12)15)17-6-5-9-1-2-10(8-17)16-9/h3-4,7,9-10,16H,1-2,5-6,8H2. The monoisotopic (exact) mass is 270 g/mol. The smallest absolute Gasteiger partial charge is 0.0612 e. The van der Waals surface area contributed by atoms with Crippen molar-refractivity contribution in [2.24, 2.45) is 0 Å². The molecule has 2 aliphatic heterocycles. The lowest BCUT2D eigenvalue weighted by Crippen LogP contribution is -2.35. The summed E-state index contributed by atoms with van der Waals surface area (Å²) in [5, 5.41) is 4.95. The van der Waals surface area contributed by atoms with Crippen molar-refractivity contribution in [3.05, 3.63) is 28.2 Å². The Bertz CT molecular complexity index is 422. The van der Waals surface area contributed by atoms with E-state index in [2.05, 4.69) is 16.3 Å². The van der Waals surface area contributed by atoms with E-state index in [1.165, 1.54) is 24.9 Å². The van der Waals surface area contributed by atoms with Gasteiger partial charge in [0.25, 0.3) is 0 Å². The zero-order valence-corrected chi connectivity index (χ0v) is 11.1. The van der Waals surface area contributed by atoms with Crippen LogP contribution in [-0.2, 0) is 0 Å². The van der Waals surface area contributed by atoms with Gasteiger partial charge < -0.3 is 10.2 Å². The van der Waals surface area contributed by atoms with Gasteiger partial charge in [-0.1, -0.05) is 23.2 Å². The summed E-state index contributed by atoms with van der Waals surface area (Å²) in [6, 6.07) is 7.27. The first-order valence-electron chi connectivity index (χ1n) is 6.18. The fourth-order valence-electron chi connectivity index (χ4n) is 2.86. The number of hydrogen-bond donors (Lipinski definition) is 1. The number of rotatable bonds is 1. The maximum absolute atomic E-state index is 6.08. The molecule has 2 heterocycles. The minimum absolute atomic E-state index is 0.630. The van der Waals surface area contributed by atoms with Crippen molar-refractivity contribution in [1.29, 1.82) is 0 Å². The number of nitrogens with one attached hydrogen (secondary N) is 1. The van der Waals surface area contributed by atoms with Crippen molar-refractivity contribution < 1.29 is 0 Å². The predicted molar refractivity (Wildman–Crippen MR) is 73.2 cm³/mol. The highest BCUT2D eigenvalue weighted by molar-refractivity contribution is 6.42. The molecule has 0 aromatic heterocycles. The van der Waals surface area contributed by atoms with Crippen molar-refractivity contribution in [2.45, 2.75) is 31.3 Å². The molecule has 2 unspecified atom stereocenters. The third kappa shape index (κ3) is 2.40. The van der Waals surface area contributed by atoms with E-state index in [0.717, 1.165) is 13.1 Å². The average molecular weight is 271 g/mol. The summed E-state index contributed by atoms with van der Waals surface area (Å²) >= 11 is 12.0. The molecule has 1 aromatic rings. The highest BCUT2D eigenvalue weighted by Gasteiger charge is 2.29. The molecule has 0 aliphatic carbocycles. The Morgan fingerprint density at radius 3 is 2.71 bits per heavy atom. The quantitative estimate of drug-likeness (QED) is 0.842. The third-order valence-electron chi connectivity index (χ3n) is 3.79. The second-order valence-electron chi connectivity index (χ2n) is 4.97. The van der Waals surface area contributed by atoms with Gasteiger partial charge in [-0.15, -0.1) is 0 Å². The molecule has 2 bridgehead atoms. The summed E-state index contributed by atoms with van der Waals surface area (Å²) in [7, 11) is 0. The van der Waals surface area contributed by atoms with Gasteiger partial charge in [0.05, 0.1) is 10.0 Å². The molecule has 0 saturated carbocycles. The number of halogens is 2. The largest absolute Gasteiger partial charge is 0.370 e. The summed E-state index contributed by atoms with van der Waals surface area (Å²) < 4.78 is 0. The van der Waals surface area contributed by atoms with Crippen LogP contribution in [0, 0.1) is 0 Å². The van der Waals surface area contributed by atoms with Crippen LogP contribution in [0.3, 0.4) is 0 Å². The van der Waals surface area contributed by atoms with Gasteiger partial charge in [-0.25, -0.2) is 0 Å². The molecule has 0 spiro atoms. The number of hydrogen-bond acceptors (Lipinski definition) is 2. The van der Waals surface area contributed by atoms with E-state index >= 15 is 0 Å². The molecule has 2 nitrogen and oxygen atoms in total. The van der Waals surface area contributed by atoms with Crippen LogP contribution < -0.4 is 10.2 Å². The molecule has 2 saturated heterocycles. The second kappa shape index (κ2) is 4.68. The Labute approximate surface area is 112 Å². The molecule has 17 heavy (non-hydrogen) atoms. The van der Waals surface area contributed by atoms with Gasteiger partial charge in [-0.3, -0.25) is 0 Å². The Balaban J connectivity index is 1.81. The van der Waals surface area contributed by atoms with Crippen molar-refractivity contribution in [1.82, 2.24) is 5.32 Å². The fourth-order valence-corrected chi connectivity index (χ4v) is 3.15. The van der Waals surface area contributed by atoms with Crippen LogP contribution in [0.1, 0.15) is 19.3 Å². The van der Waals surface area contributed by atoms with Gasteiger partial charge in [0, 0.05) is 30.9 Å². The van der Waals surface area contributed by atoms with E-state index in [1.807, 2.05) is 12.1 Å². The van der Waals surface area contributed by atoms with Crippen molar-refractivity contribution in [2.75, 3.05) is 18.0 Å². The van der Waals surface area contributed by atoms with E-state index in [-0.39, 0.29) is 0 Å². The molecule has 92 valence electrons. The average Bonchev–Trinajstić information content (AvgIpc) is 2.63. The number of anilines is 1. The molecule has 0 radical (unpaired) electrons. The van der Waals surface area contributed by atoms with Gasteiger partial charge in [-0.05, 0) is 37.5 Å². The first-order chi connectivity index (χ1) is 8.22. The molecular weight excluding hydrogens is 255 g/mol. The van der Waals surface area contributed by atoms with E-state index in [1.54, 1.807) is 0 Å². The van der Waals surface area contributed by atoms with Crippen molar-refractivity contribution in [3.8, 4) is 0 Å². The summed E-state index contributed by atoms with van der Waals surface area (Å²) in [5.74, 6) is 0. The Kier molecular flexibility index (Phi) is 3.20. The van der Waals surface area contributed by atoms with Crippen LogP contribution in [0.2, 0.25) is 10.0 Å². The van der Waals surface area contributed by atoms with Crippen LogP contribution in [0.15, 0.2) is 18.2 Å². The maximum atomic E-state index is 6.08. The lowest BCUT2D eigenvalue weighted by Gasteiger charge is -2.26. The predicted octanol–water partition coefficient (Wildman–Crippen LogP) is 3.32. The van der Waals surface area contributed by atoms with Crippen LogP contribution in [-0.4, -0.2) is 25.2 Å². The van der Waals surface area contributed by atoms with Crippen LogP contribution in [0.25, 0.3) is 0 Å². The lowest BCUT2D eigenvalue weighted by atomic mass is 10.1. The fraction of sp³-hybridized carbons (Fsp3) is 0.538. The van der Waals surface area contributed by atoms with Crippen LogP contribution in [0.4, 0.5) is 5.69 Å². The minimum Gasteiger partial charge on any atom is -0.370 e. The highest BCUT2D eigenvalue weighted by atomic mass is 35.5. The summed E-state index contributed by atoms with van der Waals surface area (Å²) in [5.41, 5.74) is 1.19. The topological polar surface area (TPSA) is 15.3 Å². The number of nitrogens with zero attached hydrogens (tertiary/aromatic N) is 1. The van der Waals surface area contributed by atoms with Crippen LogP contribution in [0.5, 0.6) is 0 Å². The van der Waals surface area contributed by atoms with Gasteiger partial charge in [0.15, 0.2) is 0 Å². The molecule has 1 aromatic carbocycles. The number of fused-ring (bicyclic) bond motifs is 2. The second-order valence-corrected chi connectivity index (χ2v) is 5.79. The van der Waals surface area contributed by atoms with E-state index < -0.39 is 0 Å². The molecule has 4 heteroatoms. The third-order valence-corrected chi connectivity index (χ3v) is 4.53. The molecule has 1 N–H and O–H groups in total. The van der Waals surface area contributed by atoms with E-state index in [9.17, 15) is 0 Å². The normalized spacial score (nSPS) is 28.2. The Morgan fingerprint density at radius 1 is 1.06 bits per heavy atom. The summed E-state index contributed by atoms with van der Waals surface area (Å²) in [4.78, 5) is 2.42. The first kappa shape index (κ1) is 11.6. The lowest BCUT2D eigenvalue weighted by molar-refractivity contribution is 0.563. The molecule has 0 amide bonds. The van der Waals surface area contributed by atoms with Crippen LogP contribution >= 0.6 is 23.2 Å².